The van der Waals surface area contributed by atoms with Crippen molar-refractivity contribution in [2.24, 2.45) is 0 Å². The average molecular weight is 174 g/mol. The predicted molar refractivity (Wildman–Crippen MR) is 52.3 cm³/mol. The standard InChI is InChI=1S/C11H14N2/c1-3-4-9(2)10-5-6-11(7-12)13-8-10/h5-6,8-9H,3-4H2,1-2H3. The molecule has 0 radical (unpaired) electrons. The molecule has 0 saturated heterocycles. The van der Waals surface area contributed by atoms with E-state index < -0.39 is 0 Å². The van der Waals surface area contributed by atoms with Crippen LogP contribution in [-0.4, -0.2) is 4.98 Å². The Bertz CT molecular complexity index is 295. The molecule has 0 aliphatic carbocycles. The summed E-state index contributed by atoms with van der Waals surface area (Å²) in [6.45, 7) is 4.36. The highest BCUT2D eigenvalue weighted by atomic mass is 14.7. The zero-order valence-corrected chi connectivity index (χ0v) is 8.12. The van der Waals surface area contributed by atoms with E-state index >= 15 is 0 Å². The van der Waals surface area contributed by atoms with Crippen LogP contribution in [-0.2, 0) is 0 Å². The molecule has 13 heavy (non-hydrogen) atoms. The molecule has 1 atom stereocenters. The lowest BCUT2D eigenvalue weighted by Gasteiger charge is -2.08. The van der Waals surface area contributed by atoms with Crippen molar-refractivity contribution in [2.45, 2.75) is 32.6 Å². The van der Waals surface area contributed by atoms with E-state index in [1.165, 1.54) is 18.4 Å². The molecule has 1 rings (SSSR count). The van der Waals surface area contributed by atoms with Gasteiger partial charge in [0.1, 0.15) is 11.8 Å². The Morgan fingerprint density at radius 3 is 2.77 bits per heavy atom. The molecular formula is C11H14N2. The minimum Gasteiger partial charge on any atom is -0.245 e. The van der Waals surface area contributed by atoms with Gasteiger partial charge in [-0.05, 0) is 24.0 Å². The van der Waals surface area contributed by atoms with Crippen molar-refractivity contribution in [3.8, 4) is 6.07 Å². The van der Waals surface area contributed by atoms with Crippen LogP contribution in [0.4, 0.5) is 0 Å². The van der Waals surface area contributed by atoms with Crippen LogP contribution in [0.3, 0.4) is 0 Å². The van der Waals surface area contributed by atoms with Gasteiger partial charge in [0.05, 0.1) is 0 Å². The average Bonchev–Trinajstić information content (AvgIpc) is 2.18. The zero-order valence-electron chi connectivity index (χ0n) is 8.12. The summed E-state index contributed by atoms with van der Waals surface area (Å²) in [5.41, 5.74) is 1.72. The van der Waals surface area contributed by atoms with Crippen molar-refractivity contribution in [1.82, 2.24) is 4.98 Å². The summed E-state index contributed by atoms with van der Waals surface area (Å²) < 4.78 is 0. The Morgan fingerprint density at radius 1 is 1.54 bits per heavy atom. The van der Waals surface area contributed by atoms with Crippen LogP contribution in [0, 0.1) is 11.3 Å². The first kappa shape index (κ1) is 9.73. The third kappa shape index (κ3) is 2.55. The molecule has 0 fully saturated rings. The highest BCUT2D eigenvalue weighted by molar-refractivity contribution is 5.24. The van der Waals surface area contributed by atoms with Crippen LogP contribution < -0.4 is 0 Å². The molecule has 1 aromatic rings. The normalized spacial score (nSPS) is 12.1. The lowest BCUT2D eigenvalue weighted by molar-refractivity contribution is 0.662. The van der Waals surface area contributed by atoms with Crippen molar-refractivity contribution in [1.29, 1.82) is 5.26 Å². The molecule has 2 heteroatoms. The highest BCUT2D eigenvalue weighted by Gasteiger charge is 2.03. The molecule has 68 valence electrons. The zero-order chi connectivity index (χ0) is 9.68. The van der Waals surface area contributed by atoms with Gasteiger partial charge in [0.25, 0.3) is 0 Å². The van der Waals surface area contributed by atoms with Gasteiger partial charge in [0.15, 0.2) is 0 Å². The van der Waals surface area contributed by atoms with Gasteiger partial charge < -0.3 is 0 Å². The van der Waals surface area contributed by atoms with Crippen LogP contribution in [0.25, 0.3) is 0 Å². The van der Waals surface area contributed by atoms with Gasteiger partial charge in [-0.25, -0.2) is 4.98 Å². The van der Waals surface area contributed by atoms with Crippen molar-refractivity contribution >= 4 is 0 Å². The highest BCUT2D eigenvalue weighted by Crippen LogP contribution is 2.19. The number of nitrogens with zero attached hydrogens (tertiary/aromatic N) is 2. The molecule has 0 bridgehead atoms. The fourth-order valence-corrected chi connectivity index (χ4v) is 1.36. The molecule has 0 saturated carbocycles. The molecule has 0 N–H and O–H groups in total. The van der Waals surface area contributed by atoms with Crippen LogP contribution in [0.15, 0.2) is 18.3 Å². The smallest absolute Gasteiger partial charge is 0.140 e. The molecule has 1 heterocycles. The molecule has 0 aliphatic rings. The number of nitriles is 1. The van der Waals surface area contributed by atoms with Gasteiger partial charge in [0, 0.05) is 6.20 Å². The van der Waals surface area contributed by atoms with Crippen LogP contribution >= 0.6 is 0 Å². The minimum absolute atomic E-state index is 0.493. The van der Waals surface area contributed by atoms with Gasteiger partial charge in [-0.3, -0.25) is 0 Å². The molecule has 1 unspecified atom stereocenters. The molecule has 1 aromatic heterocycles. The molecule has 2 nitrogen and oxygen atoms in total. The quantitative estimate of drug-likeness (QED) is 0.706. The van der Waals surface area contributed by atoms with E-state index in [-0.39, 0.29) is 0 Å². The Morgan fingerprint density at radius 2 is 2.31 bits per heavy atom. The Balaban J connectivity index is 2.75. The monoisotopic (exact) mass is 174 g/mol. The largest absolute Gasteiger partial charge is 0.245 e. The van der Waals surface area contributed by atoms with Crippen LogP contribution in [0.1, 0.15) is 43.9 Å². The molecule has 0 amide bonds. The summed E-state index contributed by atoms with van der Waals surface area (Å²) in [7, 11) is 0. The van der Waals surface area contributed by atoms with Crippen molar-refractivity contribution < 1.29 is 0 Å². The first-order chi connectivity index (χ1) is 6.27. The molecule has 0 aromatic carbocycles. The van der Waals surface area contributed by atoms with Crippen molar-refractivity contribution in [3.05, 3.63) is 29.6 Å². The summed E-state index contributed by atoms with van der Waals surface area (Å²) in [4.78, 5) is 4.04. The fraction of sp³-hybridized carbons (Fsp3) is 0.455. The third-order valence-corrected chi connectivity index (χ3v) is 2.19. The minimum atomic E-state index is 0.493. The second kappa shape index (κ2) is 4.61. The van der Waals surface area contributed by atoms with Crippen LogP contribution in [0.5, 0.6) is 0 Å². The topological polar surface area (TPSA) is 36.7 Å². The Kier molecular flexibility index (Phi) is 3.45. The van der Waals surface area contributed by atoms with E-state index in [9.17, 15) is 0 Å². The predicted octanol–water partition coefficient (Wildman–Crippen LogP) is 2.86. The summed E-state index contributed by atoms with van der Waals surface area (Å²) >= 11 is 0. The fourth-order valence-electron chi connectivity index (χ4n) is 1.36. The van der Waals surface area contributed by atoms with Gasteiger partial charge in [0.2, 0.25) is 0 Å². The van der Waals surface area contributed by atoms with E-state index in [1.54, 1.807) is 12.3 Å². The summed E-state index contributed by atoms with van der Waals surface area (Å²) in [5.74, 6) is 0.547. The second-order valence-corrected chi connectivity index (χ2v) is 3.28. The Hall–Kier alpha value is -1.36. The number of pyridine rings is 1. The molecule has 0 spiro atoms. The maximum Gasteiger partial charge on any atom is 0.140 e. The lowest BCUT2D eigenvalue weighted by Crippen LogP contribution is -1.94. The van der Waals surface area contributed by atoms with Gasteiger partial charge in [-0.1, -0.05) is 26.3 Å². The maximum atomic E-state index is 8.56. The van der Waals surface area contributed by atoms with Gasteiger partial charge in [-0.15, -0.1) is 0 Å². The summed E-state index contributed by atoms with van der Waals surface area (Å²) in [5, 5.41) is 8.56. The molecule has 0 aliphatic heterocycles. The lowest BCUT2D eigenvalue weighted by atomic mass is 9.98. The number of hydrogen-bond donors (Lipinski definition) is 0. The van der Waals surface area contributed by atoms with E-state index in [2.05, 4.69) is 18.8 Å². The first-order valence-electron chi connectivity index (χ1n) is 4.64. The summed E-state index contributed by atoms with van der Waals surface area (Å²) in [6.07, 6.45) is 4.16. The first-order valence-corrected chi connectivity index (χ1v) is 4.64. The molecular weight excluding hydrogens is 160 g/mol. The summed E-state index contributed by atoms with van der Waals surface area (Å²) in [6, 6.07) is 5.79. The maximum absolute atomic E-state index is 8.56. The SMILES string of the molecule is CCCC(C)c1ccc(C#N)nc1. The van der Waals surface area contributed by atoms with Crippen molar-refractivity contribution in [3.63, 3.8) is 0 Å². The third-order valence-electron chi connectivity index (χ3n) is 2.19. The van der Waals surface area contributed by atoms with Crippen LogP contribution in [0.2, 0.25) is 0 Å². The van der Waals surface area contributed by atoms with E-state index in [0.29, 0.717) is 11.6 Å². The van der Waals surface area contributed by atoms with E-state index in [0.717, 1.165) is 0 Å². The Labute approximate surface area is 79.2 Å². The van der Waals surface area contributed by atoms with Gasteiger partial charge in [-0.2, -0.15) is 5.26 Å². The number of aromatic nitrogens is 1. The van der Waals surface area contributed by atoms with Crippen molar-refractivity contribution in [2.75, 3.05) is 0 Å². The van der Waals surface area contributed by atoms with Gasteiger partial charge >= 0.3 is 0 Å². The number of rotatable bonds is 3. The van der Waals surface area contributed by atoms with E-state index in [1.807, 2.05) is 12.1 Å². The van der Waals surface area contributed by atoms with E-state index in [4.69, 9.17) is 5.26 Å². The number of hydrogen-bond acceptors (Lipinski definition) is 2. The second-order valence-electron chi connectivity index (χ2n) is 3.28.